The maximum absolute atomic E-state index is 12.7. The molecule has 1 atom stereocenters. The lowest BCUT2D eigenvalue weighted by Crippen LogP contribution is -2.30. The van der Waals surface area contributed by atoms with Crippen LogP contribution in [0.25, 0.3) is 0 Å². The van der Waals surface area contributed by atoms with Gasteiger partial charge < -0.3 is 14.2 Å². The third kappa shape index (κ3) is 43.7. The van der Waals surface area contributed by atoms with Crippen LogP contribution >= 0.6 is 0 Å². The molecule has 0 aliphatic carbocycles. The van der Waals surface area contributed by atoms with Crippen LogP contribution in [-0.2, 0) is 28.6 Å². The van der Waals surface area contributed by atoms with Gasteiger partial charge in [0, 0.05) is 19.3 Å². The topological polar surface area (TPSA) is 78.9 Å². The van der Waals surface area contributed by atoms with Crippen LogP contribution in [0.4, 0.5) is 0 Å². The molecular formula is C52H86O6. The van der Waals surface area contributed by atoms with Crippen LogP contribution < -0.4 is 0 Å². The van der Waals surface area contributed by atoms with E-state index in [4.69, 9.17) is 14.2 Å². The minimum atomic E-state index is -0.803. The van der Waals surface area contributed by atoms with Crippen LogP contribution in [-0.4, -0.2) is 37.2 Å². The summed E-state index contributed by atoms with van der Waals surface area (Å²) in [6, 6.07) is 0. The van der Waals surface area contributed by atoms with Crippen molar-refractivity contribution >= 4 is 17.9 Å². The van der Waals surface area contributed by atoms with Crippen molar-refractivity contribution in [3.05, 3.63) is 85.1 Å². The zero-order valence-electron chi connectivity index (χ0n) is 37.5. The second-order valence-electron chi connectivity index (χ2n) is 15.4. The molecule has 6 nitrogen and oxygen atoms in total. The molecule has 330 valence electrons. The number of ether oxygens (including phenoxy) is 3. The van der Waals surface area contributed by atoms with Crippen molar-refractivity contribution in [2.45, 2.75) is 213 Å². The lowest BCUT2D eigenvalue weighted by molar-refractivity contribution is -0.167. The molecule has 0 saturated carbocycles. The molecule has 0 amide bonds. The summed E-state index contributed by atoms with van der Waals surface area (Å²) in [7, 11) is 0. The average Bonchev–Trinajstić information content (AvgIpc) is 3.22. The molecule has 0 rings (SSSR count). The number of hydrogen-bond donors (Lipinski definition) is 0. The third-order valence-corrected chi connectivity index (χ3v) is 9.74. The summed E-state index contributed by atoms with van der Waals surface area (Å²) in [6.45, 7) is 6.30. The summed E-state index contributed by atoms with van der Waals surface area (Å²) in [6.07, 6.45) is 58.6. The van der Waals surface area contributed by atoms with E-state index in [0.29, 0.717) is 19.3 Å². The fourth-order valence-corrected chi connectivity index (χ4v) is 6.24. The van der Waals surface area contributed by atoms with E-state index < -0.39 is 6.10 Å². The van der Waals surface area contributed by atoms with Gasteiger partial charge in [0.05, 0.1) is 0 Å². The second kappa shape index (κ2) is 46.3. The third-order valence-electron chi connectivity index (χ3n) is 9.74. The summed E-state index contributed by atoms with van der Waals surface area (Å²) < 4.78 is 16.7. The molecular weight excluding hydrogens is 721 g/mol. The van der Waals surface area contributed by atoms with E-state index in [0.717, 1.165) is 89.9 Å². The van der Waals surface area contributed by atoms with Crippen molar-refractivity contribution in [3.8, 4) is 0 Å². The van der Waals surface area contributed by atoms with Crippen molar-refractivity contribution in [1.82, 2.24) is 0 Å². The van der Waals surface area contributed by atoms with Crippen LogP contribution in [0.3, 0.4) is 0 Å². The smallest absolute Gasteiger partial charge is 0.306 e. The minimum absolute atomic E-state index is 0.104. The second-order valence-corrected chi connectivity index (χ2v) is 15.4. The SMILES string of the molecule is CC\C=C/C=C\C=C/C=C\CCCCCCCC(=O)OCC(COC(=O)CCC/C=C\C/C=C\C/C=C\CC)OC(=O)CCCCCCCCCCCCCCCC. The molecule has 0 aromatic carbocycles. The molecule has 0 aromatic heterocycles. The number of esters is 3. The standard InChI is InChI=1S/C52H86O6/c1-4-7-10-13-16-19-22-24-26-28-30-33-36-39-42-45-51(54)57-48-49(47-56-50(53)44-41-38-35-32-29-21-18-15-12-9-6-3)58-52(55)46-43-40-37-34-31-27-25-23-20-17-14-11-8-5-2/h7,9-10,12-13,16,18-19,21-22,24,26,32,35,49H,4-6,8,11,14-15,17,20,23,25,27-31,33-34,36-48H2,1-3H3/b10-7-,12-9-,16-13-,21-18-,22-19-,26-24-,35-32-. The first-order chi connectivity index (χ1) is 28.5. The predicted octanol–water partition coefficient (Wildman–Crippen LogP) is 15.3. The average molecular weight is 807 g/mol. The molecule has 58 heavy (non-hydrogen) atoms. The molecule has 0 bridgehead atoms. The maximum Gasteiger partial charge on any atom is 0.306 e. The van der Waals surface area contributed by atoms with Gasteiger partial charge in [-0.1, -0.05) is 209 Å². The lowest BCUT2D eigenvalue weighted by atomic mass is 10.0. The van der Waals surface area contributed by atoms with E-state index in [1.807, 2.05) is 24.3 Å². The Balaban J connectivity index is 4.47. The highest BCUT2D eigenvalue weighted by Crippen LogP contribution is 2.14. The molecule has 0 N–H and O–H groups in total. The summed E-state index contributed by atoms with van der Waals surface area (Å²) in [4.78, 5) is 37.8. The first kappa shape index (κ1) is 54.6. The summed E-state index contributed by atoms with van der Waals surface area (Å²) in [5, 5.41) is 0. The number of carbonyl (C=O) groups is 3. The Labute approximate surface area is 356 Å². The normalized spacial score (nSPS) is 12.8. The fourth-order valence-electron chi connectivity index (χ4n) is 6.24. The molecule has 0 aliphatic heterocycles. The first-order valence-corrected chi connectivity index (χ1v) is 23.6. The number of rotatable bonds is 41. The molecule has 0 heterocycles. The highest BCUT2D eigenvalue weighted by atomic mass is 16.6. The number of carbonyl (C=O) groups excluding carboxylic acids is 3. The van der Waals surface area contributed by atoms with Gasteiger partial charge in [-0.05, 0) is 64.2 Å². The summed E-state index contributed by atoms with van der Waals surface area (Å²) >= 11 is 0. The number of hydrogen-bond acceptors (Lipinski definition) is 6. The molecule has 0 fully saturated rings. The van der Waals surface area contributed by atoms with Crippen molar-refractivity contribution < 1.29 is 28.6 Å². The van der Waals surface area contributed by atoms with E-state index >= 15 is 0 Å². The van der Waals surface area contributed by atoms with Crippen molar-refractivity contribution in [3.63, 3.8) is 0 Å². The van der Waals surface area contributed by atoms with Gasteiger partial charge in [-0.25, -0.2) is 0 Å². The van der Waals surface area contributed by atoms with Gasteiger partial charge in [0.25, 0.3) is 0 Å². The number of unbranched alkanes of at least 4 members (excludes halogenated alkanes) is 19. The molecule has 0 aromatic rings. The largest absolute Gasteiger partial charge is 0.462 e. The van der Waals surface area contributed by atoms with Gasteiger partial charge in [0.1, 0.15) is 13.2 Å². The van der Waals surface area contributed by atoms with Crippen molar-refractivity contribution in [1.29, 1.82) is 0 Å². The molecule has 6 heteroatoms. The zero-order chi connectivity index (χ0) is 42.3. The first-order valence-electron chi connectivity index (χ1n) is 23.6. The highest BCUT2D eigenvalue weighted by molar-refractivity contribution is 5.71. The molecule has 0 spiro atoms. The van der Waals surface area contributed by atoms with Gasteiger partial charge in [0.2, 0.25) is 0 Å². The molecule has 0 radical (unpaired) electrons. The van der Waals surface area contributed by atoms with Gasteiger partial charge in [-0.2, -0.15) is 0 Å². The van der Waals surface area contributed by atoms with Crippen LogP contribution in [0, 0.1) is 0 Å². The lowest BCUT2D eigenvalue weighted by Gasteiger charge is -2.18. The van der Waals surface area contributed by atoms with Crippen molar-refractivity contribution in [2.24, 2.45) is 0 Å². The Bertz CT molecular complexity index is 1160. The quantitative estimate of drug-likeness (QED) is 0.0201. The van der Waals surface area contributed by atoms with Crippen LogP contribution in [0.1, 0.15) is 207 Å². The van der Waals surface area contributed by atoms with E-state index in [9.17, 15) is 14.4 Å². The zero-order valence-corrected chi connectivity index (χ0v) is 37.5. The van der Waals surface area contributed by atoms with Gasteiger partial charge in [0.15, 0.2) is 6.10 Å². The minimum Gasteiger partial charge on any atom is -0.462 e. The monoisotopic (exact) mass is 807 g/mol. The van der Waals surface area contributed by atoms with Crippen LogP contribution in [0.5, 0.6) is 0 Å². The fraction of sp³-hybridized carbons (Fsp3) is 0.673. The van der Waals surface area contributed by atoms with E-state index in [-0.39, 0.29) is 37.5 Å². The number of allylic oxidation sites excluding steroid dienone is 14. The Morgan fingerprint density at radius 3 is 1.31 bits per heavy atom. The van der Waals surface area contributed by atoms with Crippen molar-refractivity contribution in [2.75, 3.05) is 13.2 Å². The molecule has 0 saturated heterocycles. The predicted molar refractivity (Wildman–Crippen MR) is 247 cm³/mol. The van der Waals surface area contributed by atoms with Gasteiger partial charge >= 0.3 is 17.9 Å². The highest BCUT2D eigenvalue weighted by Gasteiger charge is 2.19. The Morgan fingerprint density at radius 2 is 0.776 bits per heavy atom. The van der Waals surface area contributed by atoms with E-state index in [1.165, 1.54) is 70.6 Å². The molecule has 1 unspecified atom stereocenters. The maximum atomic E-state index is 12.7. The van der Waals surface area contributed by atoms with E-state index in [2.05, 4.69) is 81.5 Å². The van der Waals surface area contributed by atoms with Gasteiger partial charge in [-0.15, -0.1) is 0 Å². The summed E-state index contributed by atoms with van der Waals surface area (Å²) in [5.41, 5.74) is 0. The van der Waals surface area contributed by atoms with Gasteiger partial charge in [-0.3, -0.25) is 14.4 Å². The Morgan fingerprint density at radius 1 is 0.379 bits per heavy atom. The Kier molecular flexibility index (Phi) is 43.6. The Hall–Kier alpha value is -3.41. The van der Waals surface area contributed by atoms with Crippen LogP contribution in [0.15, 0.2) is 85.1 Å². The summed E-state index contributed by atoms with van der Waals surface area (Å²) in [5.74, 6) is -0.985. The molecule has 0 aliphatic rings. The van der Waals surface area contributed by atoms with E-state index in [1.54, 1.807) is 0 Å². The van der Waals surface area contributed by atoms with Crippen LogP contribution in [0.2, 0.25) is 0 Å².